The first kappa shape index (κ1) is 16.8. The predicted octanol–water partition coefficient (Wildman–Crippen LogP) is 2.37. The van der Waals surface area contributed by atoms with E-state index in [2.05, 4.69) is 16.7 Å². The van der Waals surface area contributed by atoms with Gasteiger partial charge in [-0.2, -0.15) is 0 Å². The molecule has 0 aromatic heterocycles. The normalized spacial score (nSPS) is 26.4. The maximum atomic E-state index is 12.5. The topological polar surface area (TPSA) is 49.6 Å². The van der Waals surface area contributed by atoms with Crippen LogP contribution in [0, 0.1) is 0 Å². The summed E-state index contributed by atoms with van der Waals surface area (Å²) >= 11 is 0. The molecule has 2 N–H and O–H groups in total. The molecule has 2 aliphatic rings. The third-order valence-electron chi connectivity index (χ3n) is 5.25. The van der Waals surface area contributed by atoms with Crippen molar-refractivity contribution in [2.45, 2.75) is 76.8 Å². The van der Waals surface area contributed by atoms with E-state index in [1.165, 1.54) is 51.4 Å². The molecule has 21 heavy (non-hydrogen) atoms. The van der Waals surface area contributed by atoms with Gasteiger partial charge in [-0.3, -0.25) is 9.69 Å². The van der Waals surface area contributed by atoms with Crippen LogP contribution in [0.4, 0.5) is 0 Å². The molecule has 0 bridgehead atoms. The van der Waals surface area contributed by atoms with Crippen molar-refractivity contribution in [2.24, 2.45) is 5.73 Å². The van der Waals surface area contributed by atoms with Gasteiger partial charge >= 0.3 is 0 Å². The molecule has 4 nitrogen and oxygen atoms in total. The molecule has 2 unspecified atom stereocenters. The average molecular weight is 295 g/mol. The van der Waals surface area contributed by atoms with Gasteiger partial charge in [-0.1, -0.05) is 19.8 Å². The van der Waals surface area contributed by atoms with Crippen molar-refractivity contribution in [3.8, 4) is 0 Å². The first-order valence-electron chi connectivity index (χ1n) is 8.99. The van der Waals surface area contributed by atoms with Crippen molar-refractivity contribution in [1.29, 1.82) is 0 Å². The number of nitrogens with two attached hydrogens (primary N) is 1. The van der Waals surface area contributed by atoms with Crippen LogP contribution in [0.15, 0.2) is 0 Å². The smallest absolute Gasteiger partial charge is 0.224 e. The molecule has 122 valence electrons. The minimum atomic E-state index is 0.238. The summed E-state index contributed by atoms with van der Waals surface area (Å²) in [4.78, 5) is 17.1. The highest BCUT2D eigenvalue weighted by Gasteiger charge is 2.29. The van der Waals surface area contributed by atoms with Gasteiger partial charge in [-0.05, 0) is 45.1 Å². The molecule has 4 heteroatoms. The Morgan fingerprint density at radius 1 is 1.10 bits per heavy atom. The first-order valence-corrected chi connectivity index (χ1v) is 8.99. The van der Waals surface area contributed by atoms with Crippen LogP contribution in [0.5, 0.6) is 0 Å². The van der Waals surface area contributed by atoms with Gasteiger partial charge in [0.25, 0.3) is 0 Å². The quantitative estimate of drug-likeness (QED) is 0.847. The summed E-state index contributed by atoms with van der Waals surface area (Å²) in [6.45, 7) is 5.90. The zero-order valence-corrected chi connectivity index (χ0v) is 13.7. The van der Waals surface area contributed by atoms with Crippen molar-refractivity contribution >= 4 is 5.91 Å². The van der Waals surface area contributed by atoms with E-state index >= 15 is 0 Å². The minimum Gasteiger partial charge on any atom is -0.343 e. The van der Waals surface area contributed by atoms with Crippen LogP contribution in [0.1, 0.15) is 64.7 Å². The molecule has 0 saturated carbocycles. The predicted molar refractivity (Wildman–Crippen MR) is 87.1 cm³/mol. The van der Waals surface area contributed by atoms with E-state index in [1.807, 2.05) is 0 Å². The summed E-state index contributed by atoms with van der Waals surface area (Å²) < 4.78 is 0. The fraction of sp³-hybridized carbons (Fsp3) is 0.941. The second kappa shape index (κ2) is 8.74. The van der Waals surface area contributed by atoms with Crippen molar-refractivity contribution < 1.29 is 4.79 Å². The second-order valence-electron chi connectivity index (χ2n) is 6.68. The Morgan fingerprint density at radius 3 is 2.43 bits per heavy atom. The number of amides is 1. The summed E-state index contributed by atoms with van der Waals surface area (Å²) in [5.74, 6) is 0.323. The Morgan fingerprint density at radius 2 is 1.76 bits per heavy atom. The van der Waals surface area contributed by atoms with E-state index < -0.39 is 0 Å². The van der Waals surface area contributed by atoms with Crippen LogP contribution in [0.25, 0.3) is 0 Å². The zero-order valence-electron chi connectivity index (χ0n) is 13.7. The SMILES string of the molecule is CCC1CCCCCN1C(CN)CC(=O)N1CCCCC1. The fourth-order valence-corrected chi connectivity index (χ4v) is 3.93. The molecule has 0 radical (unpaired) electrons. The Bertz CT molecular complexity index is 315. The summed E-state index contributed by atoms with van der Waals surface area (Å²) in [6.07, 6.45) is 10.6. The van der Waals surface area contributed by atoms with Gasteiger partial charge in [0.05, 0.1) is 0 Å². The number of likely N-dealkylation sites (tertiary alicyclic amines) is 2. The fourth-order valence-electron chi connectivity index (χ4n) is 3.93. The maximum absolute atomic E-state index is 12.5. The van der Waals surface area contributed by atoms with Crippen molar-refractivity contribution in [3.63, 3.8) is 0 Å². The van der Waals surface area contributed by atoms with Gasteiger partial charge in [0, 0.05) is 38.1 Å². The van der Waals surface area contributed by atoms with E-state index in [9.17, 15) is 4.79 Å². The second-order valence-corrected chi connectivity index (χ2v) is 6.68. The summed E-state index contributed by atoms with van der Waals surface area (Å²) in [6, 6.07) is 0.859. The molecule has 2 fully saturated rings. The highest BCUT2D eigenvalue weighted by atomic mass is 16.2. The molecule has 0 aromatic carbocycles. The standard InChI is InChI=1S/C17H33N3O/c1-2-15-9-5-3-8-12-20(15)16(14-18)13-17(21)19-10-6-4-7-11-19/h15-16H,2-14,18H2,1H3. The van der Waals surface area contributed by atoms with Crippen LogP contribution in [-0.4, -0.2) is 54.0 Å². The van der Waals surface area contributed by atoms with Gasteiger partial charge in [0.15, 0.2) is 0 Å². The largest absolute Gasteiger partial charge is 0.343 e. The average Bonchev–Trinajstić information content (AvgIpc) is 2.78. The van der Waals surface area contributed by atoms with Gasteiger partial charge < -0.3 is 10.6 Å². The maximum Gasteiger partial charge on any atom is 0.224 e. The van der Waals surface area contributed by atoms with Gasteiger partial charge in [0.2, 0.25) is 5.91 Å². The van der Waals surface area contributed by atoms with Crippen molar-refractivity contribution in [2.75, 3.05) is 26.2 Å². The number of hydrogen-bond donors (Lipinski definition) is 1. The Balaban J connectivity index is 1.94. The van der Waals surface area contributed by atoms with E-state index in [4.69, 9.17) is 5.73 Å². The molecule has 2 heterocycles. The van der Waals surface area contributed by atoms with Crippen LogP contribution >= 0.6 is 0 Å². The summed E-state index contributed by atoms with van der Waals surface area (Å²) in [7, 11) is 0. The highest BCUT2D eigenvalue weighted by molar-refractivity contribution is 5.77. The molecule has 2 rings (SSSR count). The molecule has 0 spiro atoms. The monoisotopic (exact) mass is 295 g/mol. The molecule has 1 amide bonds. The lowest BCUT2D eigenvalue weighted by molar-refractivity contribution is -0.133. The zero-order chi connectivity index (χ0) is 15.1. The molecule has 2 saturated heterocycles. The molecule has 0 aliphatic carbocycles. The number of piperidine rings is 1. The van der Waals surface area contributed by atoms with Crippen LogP contribution in [0.3, 0.4) is 0 Å². The van der Waals surface area contributed by atoms with Gasteiger partial charge in [0.1, 0.15) is 0 Å². The van der Waals surface area contributed by atoms with E-state index in [1.54, 1.807) is 0 Å². The van der Waals surface area contributed by atoms with E-state index in [0.29, 0.717) is 24.9 Å². The van der Waals surface area contributed by atoms with Crippen molar-refractivity contribution in [1.82, 2.24) is 9.80 Å². The van der Waals surface area contributed by atoms with Gasteiger partial charge in [-0.15, -0.1) is 0 Å². The third-order valence-corrected chi connectivity index (χ3v) is 5.25. The molecule has 2 atom stereocenters. The number of rotatable bonds is 5. The number of hydrogen-bond acceptors (Lipinski definition) is 3. The van der Waals surface area contributed by atoms with Crippen molar-refractivity contribution in [3.05, 3.63) is 0 Å². The molecular formula is C17H33N3O. The number of nitrogens with zero attached hydrogens (tertiary/aromatic N) is 2. The molecule has 2 aliphatic heterocycles. The van der Waals surface area contributed by atoms with Crippen LogP contribution in [-0.2, 0) is 4.79 Å². The number of carbonyl (C=O) groups is 1. The lowest BCUT2D eigenvalue weighted by atomic mass is 10.0. The lowest BCUT2D eigenvalue weighted by Crippen LogP contribution is -2.49. The lowest BCUT2D eigenvalue weighted by Gasteiger charge is -2.37. The Hall–Kier alpha value is -0.610. The van der Waals surface area contributed by atoms with E-state index in [-0.39, 0.29) is 6.04 Å². The van der Waals surface area contributed by atoms with E-state index in [0.717, 1.165) is 19.6 Å². The van der Waals surface area contributed by atoms with Gasteiger partial charge in [-0.25, -0.2) is 0 Å². The van der Waals surface area contributed by atoms with Crippen LogP contribution < -0.4 is 5.73 Å². The summed E-state index contributed by atoms with van der Waals surface area (Å²) in [5.41, 5.74) is 6.04. The molecule has 0 aromatic rings. The van der Waals surface area contributed by atoms with Crippen LogP contribution in [0.2, 0.25) is 0 Å². The summed E-state index contributed by atoms with van der Waals surface area (Å²) in [5, 5.41) is 0. The first-order chi connectivity index (χ1) is 10.3. The minimum absolute atomic E-state index is 0.238. The number of carbonyl (C=O) groups excluding carboxylic acids is 1. The third kappa shape index (κ3) is 4.68. The highest BCUT2D eigenvalue weighted by Crippen LogP contribution is 2.23. The Kier molecular flexibility index (Phi) is 6.97. The molecular weight excluding hydrogens is 262 g/mol. The Labute approximate surface area is 130 Å².